The molecular formula is C17H27ClN2O2. The van der Waals surface area contributed by atoms with Crippen molar-refractivity contribution in [3.8, 4) is 11.5 Å². The number of nitrogens with one attached hydrogen (secondary N) is 1. The summed E-state index contributed by atoms with van der Waals surface area (Å²) >= 11 is 6.64. The number of halogens is 1. The zero-order chi connectivity index (χ0) is 15.9. The number of unbranched alkanes of at least 4 members (excludes halogenated alkanes) is 1. The summed E-state index contributed by atoms with van der Waals surface area (Å²) in [6.45, 7) is 6.41. The van der Waals surface area contributed by atoms with Gasteiger partial charge in [0.15, 0.2) is 11.5 Å². The molecule has 22 heavy (non-hydrogen) atoms. The standard InChI is InChI=1S/C17H27ClN2O2/c1-4-5-6-14(20-11-9-19-10-12-20)13-7-8-15(21-2)17(22-3)16(13)18/h7-8,14,19H,4-6,9-12H2,1-3H3/t14-/m0/s1. The molecule has 0 radical (unpaired) electrons. The molecule has 0 aromatic heterocycles. The summed E-state index contributed by atoms with van der Waals surface area (Å²) < 4.78 is 10.8. The van der Waals surface area contributed by atoms with Gasteiger partial charge < -0.3 is 14.8 Å². The summed E-state index contributed by atoms with van der Waals surface area (Å²) in [7, 11) is 3.28. The van der Waals surface area contributed by atoms with Crippen molar-refractivity contribution in [2.45, 2.75) is 32.2 Å². The minimum absolute atomic E-state index is 0.342. The van der Waals surface area contributed by atoms with E-state index in [4.69, 9.17) is 21.1 Å². The molecule has 1 N–H and O–H groups in total. The number of ether oxygens (including phenoxy) is 2. The molecule has 5 heteroatoms. The van der Waals surface area contributed by atoms with E-state index in [-0.39, 0.29) is 0 Å². The topological polar surface area (TPSA) is 33.7 Å². The van der Waals surface area contributed by atoms with E-state index in [1.807, 2.05) is 6.07 Å². The summed E-state index contributed by atoms with van der Waals surface area (Å²) in [5.74, 6) is 1.32. The van der Waals surface area contributed by atoms with E-state index in [0.717, 1.165) is 38.2 Å². The predicted molar refractivity (Wildman–Crippen MR) is 91.3 cm³/mol. The van der Waals surface area contributed by atoms with E-state index in [0.29, 0.717) is 22.6 Å². The third-order valence-electron chi connectivity index (χ3n) is 4.30. The summed E-state index contributed by atoms with van der Waals surface area (Å²) in [6.07, 6.45) is 3.50. The fraction of sp³-hybridized carbons (Fsp3) is 0.647. The number of nitrogens with zero attached hydrogens (tertiary/aromatic N) is 1. The van der Waals surface area contributed by atoms with Crippen LogP contribution in [-0.4, -0.2) is 45.3 Å². The Balaban J connectivity index is 2.33. The lowest BCUT2D eigenvalue weighted by Gasteiger charge is -2.36. The van der Waals surface area contributed by atoms with Crippen LogP contribution in [0.4, 0.5) is 0 Å². The molecule has 1 aliphatic heterocycles. The lowest BCUT2D eigenvalue weighted by Crippen LogP contribution is -2.45. The van der Waals surface area contributed by atoms with E-state index in [1.54, 1.807) is 14.2 Å². The number of hydrogen-bond donors (Lipinski definition) is 1. The van der Waals surface area contributed by atoms with Crippen molar-refractivity contribution < 1.29 is 9.47 Å². The predicted octanol–water partition coefficient (Wildman–Crippen LogP) is 3.49. The molecule has 1 atom stereocenters. The summed E-state index contributed by atoms with van der Waals surface area (Å²) in [5, 5.41) is 4.10. The van der Waals surface area contributed by atoms with Gasteiger partial charge in [-0.15, -0.1) is 0 Å². The molecule has 1 saturated heterocycles. The fourth-order valence-corrected chi connectivity index (χ4v) is 3.45. The maximum absolute atomic E-state index is 6.64. The number of benzene rings is 1. The van der Waals surface area contributed by atoms with Gasteiger partial charge in [-0.1, -0.05) is 37.4 Å². The lowest BCUT2D eigenvalue weighted by atomic mass is 9.98. The molecule has 0 spiro atoms. The molecule has 0 bridgehead atoms. The van der Waals surface area contributed by atoms with Crippen LogP contribution in [0.5, 0.6) is 11.5 Å². The minimum Gasteiger partial charge on any atom is -0.493 e. The van der Waals surface area contributed by atoms with Gasteiger partial charge in [-0.2, -0.15) is 0 Å². The van der Waals surface area contributed by atoms with Crippen molar-refractivity contribution in [3.05, 3.63) is 22.7 Å². The van der Waals surface area contributed by atoms with Crippen LogP contribution in [-0.2, 0) is 0 Å². The van der Waals surface area contributed by atoms with Gasteiger partial charge in [-0.25, -0.2) is 0 Å². The number of methoxy groups -OCH3 is 2. The normalized spacial score (nSPS) is 17.3. The maximum Gasteiger partial charge on any atom is 0.179 e. The minimum atomic E-state index is 0.342. The van der Waals surface area contributed by atoms with Gasteiger partial charge in [0, 0.05) is 32.2 Å². The van der Waals surface area contributed by atoms with Gasteiger partial charge in [0.05, 0.1) is 19.2 Å². The fourth-order valence-electron chi connectivity index (χ4n) is 3.09. The van der Waals surface area contributed by atoms with Crippen LogP contribution in [0.2, 0.25) is 5.02 Å². The summed E-state index contributed by atoms with van der Waals surface area (Å²) in [5.41, 5.74) is 1.15. The van der Waals surface area contributed by atoms with Crippen molar-refractivity contribution in [3.63, 3.8) is 0 Å². The molecule has 1 aromatic carbocycles. The Hall–Kier alpha value is -0.970. The van der Waals surface area contributed by atoms with Crippen molar-refractivity contribution >= 4 is 11.6 Å². The molecule has 1 fully saturated rings. The van der Waals surface area contributed by atoms with Gasteiger partial charge in [-0.05, 0) is 18.1 Å². The van der Waals surface area contributed by atoms with Crippen LogP contribution in [0.1, 0.15) is 37.8 Å². The van der Waals surface area contributed by atoms with Crippen LogP contribution in [0.25, 0.3) is 0 Å². The maximum atomic E-state index is 6.64. The second kappa shape index (κ2) is 8.61. The molecule has 1 heterocycles. The smallest absolute Gasteiger partial charge is 0.179 e. The Kier molecular flexibility index (Phi) is 6.80. The lowest BCUT2D eigenvalue weighted by molar-refractivity contribution is 0.163. The van der Waals surface area contributed by atoms with Crippen LogP contribution in [0.15, 0.2) is 12.1 Å². The molecule has 0 saturated carbocycles. The van der Waals surface area contributed by atoms with Crippen molar-refractivity contribution in [1.82, 2.24) is 10.2 Å². The van der Waals surface area contributed by atoms with E-state index in [9.17, 15) is 0 Å². The second-order valence-electron chi connectivity index (χ2n) is 5.65. The first kappa shape index (κ1) is 17.4. The number of rotatable bonds is 7. The van der Waals surface area contributed by atoms with Crippen LogP contribution in [0.3, 0.4) is 0 Å². The van der Waals surface area contributed by atoms with Gasteiger partial charge in [0.1, 0.15) is 0 Å². The highest BCUT2D eigenvalue weighted by molar-refractivity contribution is 6.33. The average molecular weight is 327 g/mol. The molecule has 2 rings (SSSR count). The van der Waals surface area contributed by atoms with Gasteiger partial charge >= 0.3 is 0 Å². The van der Waals surface area contributed by atoms with Gasteiger partial charge in [0.2, 0.25) is 0 Å². The zero-order valence-electron chi connectivity index (χ0n) is 13.8. The van der Waals surface area contributed by atoms with Crippen molar-refractivity contribution in [2.75, 3.05) is 40.4 Å². The molecule has 1 aliphatic rings. The number of piperazine rings is 1. The number of hydrogen-bond acceptors (Lipinski definition) is 4. The van der Waals surface area contributed by atoms with E-state index < -0.39 is 0 Å². The van der Waals surface area contributed by atoms with Gasteiger partial charge in [-0.3, -0.25) is 4.90 Å². The second-order valence-corrected chi connectivity index (χ2v) is 6.03. The first-order valence-corrected chi connectivity index (χ1v) is 8.45. The Bertz CT molecular complexity index is 476. The Labute approximate surface area is 138 Å². The zero-order valence-corrected chi connectivity index (χ0v) is 14.6. The summed E-state index contributed by atoms with van der Waals surface area (Å²) in [6, 6.07) is 4.39. The van der Waals surface area contributed by atoms with Crippen LogP contribution in [0, 0.1) is 0 Å². The van der Waals surface area contributed by atoms with E-state index in [2.05, 4.69) is 23.2 Å². The molecule has 0 aliphatic carbocycles. The van der Waals surface area contributed by atoms with E-state index in [1.165, 1.54) is 12.8 Å². The molecule has 4 nitrogen and oxygen atoms in total. The van der Waals surface area contributed by atoms with Gasteiger partial charge in [0.25, 0.3) is 0 Å². The Morgan fingerprint density at radius 2 is 1.95 bits per heavy atom. The highest BCUT2D eigenvalue weighted by Gasteiger charge is 2.26. The third-order valence-corrected chi connectivity index (χ3v) is 4.69. The van der Waals surface area contributed by atoms with Crippen LogP contribution < -0.4 is 14.8 Å². The highest BCUT2D eigenvalue weighted by Crippen LogP contribution is 2.42. The first-order valence-electron chi connectivity index (χ1n) is 8.08. The van der Waals surface area contributed by atoms with Crippen molar-refractivity contribution in [1.29, 1.82) is 0 Å². The molecule has 1 aromatic rings. The van der Waals surface area contributed by atoms with Crippen LogP contribution >= 0.6 is 11.6 Å². The first-order chi connectivity index (χ1) is 10.7. The van der Waals surface area contributed by atoms with E-state index >= 15 is 0 Å². The molecular weight excluding hydrogens is 300 g/mol. The average Bonchev–Trinajstić information content (AvgIpc) is 2.57. The Morgan fingerprint density at radius 1 is 1.23 bits per heavy atom. The quantitative estimate of drug-likeness (QED) is 0.831. The monoisotopic (exact) mass is 326 g/mol. The third kappa shape index (κ3) is 3.86. The highest BCUT2D eigenvalue weighted by atomic mass is 35.5. The SMILES string of the molecule is CCCC[C@@H](c1ccc(OC)c(OC)c1Cl)N1CCNCC1. The van der Waals surface area contributed by atoms with Crippen molar-refractivity contribution in [2.24, 2.45) is 0 Å². The summed E-state index contributed by atoms with van der Waals surface area (Å²) in [4.78, 5) is 2.53. The Morgan fingerprint density at radius 3 is 2.55 bits per heavy atom. The largest absolute Gasteiger partial charge is 0.493 e. The molecule has 124 valence electrons. The molecule has 0 unspecified atom stereocenters. The molecule has 0 amide bonds.